The topological polar surface area (TPSA) is 41.5 Å². The van der Waals surface area contributed by atoms with Crippen LogP contribution in [0.3, 0.4) is 0 Å². The molecule has 0 atom stereocenters. The van der Waals surface area contributed by atoms with Gasteiger partial charge in [-0.05, 0) is 48.0 Å². The van der Waals surface area contributed by atoms with E-state index in [-0.39, 0.29) is 5.91 Å². The maximum atomic E-state index is 12.1. The molecule has 1 amide bonds. The third-order valence-corrected chi connectivity index (χ3v) is 4.10. The lowest BCUT2D eigenvalue weighted by Gasteiger charge is -1.96. The number of nitrogens with one attached hydrogen (secondary N) is 1. The number of rotatable bonds is 3. The zero-order valence-electron chi connectivity index (χ0n) is 12.7. The van der Waals surface area contributed by atoms with E-state index in [2.05, 4.69) is 10.3 Å². The molecule has 0 spiro atoms. The first-order valence-corrected chi connectivity index (χ1v) is 8.10. The Bertz CT molecular complexity index is 793. The molecule has 0 unspecified atom stereocenters. The van der Waals surface area contributed by atoms with E-state index in [4.69, 9.17) is 0 Å². The van der Waals surface area contributed by atoms with Gasteiger partial charge in [0.2, 0.25) is 0 Å². The molecule has 1 aliphatic heterocycles. The van der Waals surface area contributed by atoms with E-state index in [1.807, 2.05) is 79.7 Å². The van der Waals surface area contributed by atoms with Gasteiger partial charge in [0.25, 0.3) is 5.91 Å². The summed E-state index contributed by atoms with van der Waals surface area (Å²) in [6.45, 7) is 1.99. The highest BCUT2D eigenvalue weighted by molar-refractivity contribution is 8.18. The third kappa shape index (κ3) is 4.20. The van der Waals surface area contributed by atoms with Crippen molar-refractivity contribution in [2.45, 2.75) is 6.92 Å². The molecule has 2 aromatic rings. The van der Waals surface area contributed by atoms with Crippen molar-refractivity contribution in [3.05, 3.63) is 82.8 Å². The van der Waals surface area contributed by atoms with E-state index in [1.165, 1.54) is 11.8 Å². The van der Waals surface area contributed by atoms with E-state index in [0.717, 1.165) is 16.8 Å². The Morgan fingerprint density at radius 3 is 2.39 bits per heavy atom. The number of aliphatic imine (C=N–C) groups is 1. The van der Waals surface area contributed by atoms with Crippen LogP contribution in [0.5, 0.6) is 0 Å². The van der Waals surface area contributed by atoms with Crippen molar-refractivity contribution >= 4 is 34.6 Å². The van der Waals surface area contributed by atoms with Gasteiger partial charge in [-0.25, -0.2) is 4.99 Å². The maximum Gasteiger partial charge on any atom is 0.264 e. The van der Waals surface area contributed by atoms with Crippen LogP contribution in [0.4, 0.5) is 5.69 Å². The molecule has 1 heterocycles. The second-order valence-electron chi connectivity index (χ2n) is 5.12. The van der Waals surface area contributed by atoms with Crippen LogP contribution in [-0.4, -0.2) is 11.1 Å². The van der Waals surface area contributed by atoms with Crippen molar-refractivity contribution in [3.63, 3.8) is 0 Å². The standard InChI is InChI=1S/C19H16N2OS/c1-14(12-15-8-4-2-5-9-15)13-17-18(22)21-19(23-17)20-16-10-6-3-7-11-16/h2-13H,1H3,(H,20,21,22)/b14-12-,17-13-. The van der Waals surface area contributed by atoms with Crippen molar-refractivity contribution in [2.75, 3.05) is 0 Å². The highest BCUT2D eigenvalue weighted by atomic mass is 32.2. The molecule has 0 aromatic heterocycles. The summed E-state index contributed by atoms with van der Waals surface area (Å²) >= 11 is 1.36. The first-order chi connectivity index (χ1) is 11.2. The molecule has 0 aliphatic carbocycles. The van der Waals surface area contributed by atoms with Crippen LogP contribution in [0.2, 0.25) is 0 Å². The van der Waals surface area contributed by atoms with Gasteiger partial charge >= 0.3 is 0 Å². The number of hydrogen-bond acceptors (Lipinski definition) is 3. The zero-order valence-corrected chi connectivity index (χ0v) is 13.5. The molecule has 3 rings (SSSR count). The molecule has 2 aromatic carbocycles. The van der Waals surface area contributed by atoms with Crippen molar-refractivity contribution in [1.82, 2.24) is 5.32 Å². The smallest absolute Gasteiger partial charge is 0.264 e. The molecule has 0 bridgehead atoms. The van der Waals surface area contributed by atoms with Crippen molar-refractivity contribution < 1.29 is 4.79 Å². The average Bonchev–Trinajstić information content (AvgIpc) is 2.88. The lowest BCUT2D eigenvalue weighted by molar-refractivity contribution is -0.115. The number of thioether (sulfide) groups is 1. The number of para-hydroxylation sites is 1. The summed E-state index contributed by atoms with van der Waals surface area (Å²) in [5.41, 5.74) is 2.96. The largest absolute Gasteiger partial charge is 0.300 e. The van der Waals surface area contributed by atoms with E-state index in [9.17, 15) is 4.79 Å². The van der Waals surface area contributed by atoms with Crippen LogP contribution in [0.25, 0.3) is 6.08 Å². The molecule has 0 radical (unpaired) electrons. The fourth-order valence-corrected chi connectivity index (χ4v) is 3.05. The summed E-state index contributed by atoms with van der Waals surface area (Å²) in [7, 11) is 0. The number of carbonyl (C=O) groups excluding carboxylic acids is 1. The molecule has 4 heteroatoms. The summed E-state index contributed by atoms with van der Waals surface area (Å²) in [6, 6.07) is 19.6. The Balaban J connectivity index is 1.77. The lowest BCUT2D eigenvalue weighted by atomic mass is 10.1. The van der Waals surface area contributed by atoms with Gasteiger partial charge in [-0.1, -0.05) is 54.6 Å². The Kier molecular flexibility index (Phi) is 4.74. The quantitative estimate of drug-likeness (QED) is 0.845. The summed E-state index contributed by atoms with van der Waals surface area (Å²) in [5.74, 6) is -0.106. The number of benzene rings is 2. The first kappa shape index (κ1) is 15.3. The molecule has 23 heavy (non-hydrogen) atoms. The number of amides is 1. The summed E-state index contributed by atoms with van der Waals surface area (Å²) in [5, 5.41) is 3.41. The lowest BCUT2D eigenvalue weighted by Crippen LogP contribution is -2.19. The predicted molar refractivity (Wildman–Crippen MR) is 97.4 cm³/mol. The molecule has 1 N–H and O–H groups in total. The van der Waals surface area contributed by atoms with Crippen LogP contribution in [0.15, 0.2) is 82.2 Å². The fraction of sp³-hybridized carbons (Fsp3) is 0.0526. The first-order valence-electron chi connectivity index (χ1n) is 7.29. The van der Waals surface area contributed by atoms with Crippen LogP contribution < -0.4 is 5.32 Å². The number of nitrogens with zero attached hydrogens (tertiary/aromatic N) is 1. The molecule has 1 fully saturated rings. The van der Waals surface area contributed by atoms with E-state index < -0.39 is 0 Å². The fourth-order valence-electron chi connectivity index (χ4n) is 2.16. The molecule has 1 saturated heterocycles. The van der Waals surface area contributed by atoms with Crippen molar-refractivity contribution in [3.8, 4) is 0 Å². The Morgan fingerprint density at radius 1 is 1.04 bits per heavy atom. The molecule has 3 nitrogen and oxygen atoms in total. The van der Waals surface area contributed by atoms with Crippen molar-refractivity contribution in [2.24, 2.45) is 4.99 Å². The average molecular weight is 320 g/mol. The van der Waals surface area contributed by atoms with Gasteiger partial charge in [-0.3, -0.25) is 4.79 Å². The van der Waals surface area contributed by atoms with Crippen LogP contribution in [0, 0.1) is 0 Å². The van der Waals surface area contributed by atoms with Gasteiger partial charge in [0.05, 0.1) is 10.6 Å². The monoisotopic (exact) mass is 320 g/mol. The van der Waals surface area contributed by atoms with Crippen LogP contribution in [-0.2, 0) is 4.79 Å². The van der Waals surface area contributed by atoms with Gasteiger partial charge < -0.3 is 5.32 Å². The Morgan fingerprint density at radius 2 is 1.70 bits per heavy atom. The predicted octanol–water partition coefficient (Wildman–Crippen LogP) is 4.52. The molecular weight excluding hydrogens is 304 g/mol. The van der Waals surface area contributed by atoms with Gasteiger partial charge in [0.1, 0.15) is 0 Å². The summed E-state index contributed by atoms with van der Waals surface area (Å²) < 4.78 is 0. The SMILES string of the molecule is CC(=C/c1ccccc1)/C=C1\SC(=Nc2ccccc2)NC1=O. The molecule has 1 aliphatic rings. The Labute approximate surface area is 139 Å². The van der Waals surface area contributed by atoms with Gasteiger partial charge in [0.15, 0.2) is 5.17 Å². The second kappa shape index (κ2) is 7.11. The number of carbonyl (C=O) groups is 1. The minimum absolute atomic E-state index is 0.106. The van der Waals surface area contributed by atoms with Crippen molar-refractivity contribution in [1.29, 1.82) is 0 Å². The van der Waals surface area contributed by atoms with E-state index >= 15 is 0 Å². The summed E-state index contributed by atoms with van der Waals surface area (Å²) in [4.78, 5) is 17.1. The minimum atomic E-state index is -0.106. The molecule has 0 saturated carbocycles. The second-order valence-corrected chi connectivity index (χ2v) is 6.15. The van der Waals surface area contributed by atoms with Gasteiger partial charge in [0, 0.05) is 0 Å². The van der Waals surface area contributed by atoms with Gasteiger partial charge in [-0.15, -0.1) is 0 Å². The number of hydrogen-bond donors (Lipinski definition) is 1. The third-order valence-electron chi connectivity index (χ3n) is 3.19. The zero-order chi connectivity index (χ0) is 16.1. The summed E-state index contributed by atoms with van der Waals surface area (Å²) in [6.07, 6.45) is 3.94. The minimum Gasteiger partial charge on any atom is -0.300 e. The number of allylic oxidation sites excluding steroid dienone is 2. The highest BCUT2D eigenvalue weighted by Gasteiger charge is 2.23. The van der Waals surface area contributed by atoms with E-state index in [1.54, 1.807) is 0 Å². The maximum absolute atomic E-state index is 12.1. The normalized spacial score (nSPS) is 18.5. The van der Waals surface area contributed by atoms with E-state index in [0.29, 0.717) is 10.1 Å². The van der Waals surface area contributed by atoms with Gasteiger partial charge in [-0.2, -0.15) is 0 Å². The number of amidine groups is 1. The molecule has 114 valence electrons. The van der Waals surface area contributed by atoms with Crippen LogP contribution in [0.1, 0.15) is 12.5 Å². The van der Waals surface area contributed by atoms with Crippen LogP contribution >= 0.6 is 11.8 Å². The Hall–Kier alpha value is -2.59. The molecular formula is C19H16N2OS. The highest BCUT2D eigenvalue weighted by Crippen LogP contribution is 2.27.